The third-order valence-electron chi connectivity index (χ3n) is 5.23. The zero-order valence-corrected chi connectivity index (χ0v) is 17.7. The van der Waals surface area contributed by atoms with Gasteiger partial charge in [-0.2, -0.15) is 0 Å². The lowest BCUT2D eigenvalue weighted by molar-refractivity contribution is -0.135. The first-order chi connectivity index (χ1) is 12.8. The van der Waals surface area contributed by atoms with Crippen LogP contribution in [0.2, 0.25) is 0 Å². The molecule has 0 aromatic heterocycles. The summed E-state index contributed by atoms with van der Waals surface area (Å²) in [4.78, 5) is 10.3. The Labute approximate surface area is 163 Å². The Morgan fingerprint density at radius 2 is 0.885 bits per heavy atom. The van der Waals surface area contributed by atoms with Crippen LogP contribution >= 0.6 is 0 Å². The molecule has 3 nitrogen and oxygen atoms in total. The molecular weight excluding hydrogens is 322 g/mol. The normalized spacial score (nSPS) is 11.1. The van der Waals surface area contributed by atoms with Crippen molar-refractivity contribution in [1.29, 1.82) is 0 Å². The van der Waals surface area contributed by atoms with Crippen molar-refractivity contribution in [3.8, 4) is 0 Å². The molecule has 0 saturated carbocycles. The highest BCUT2D eigenvalue weighted by Crippen LogP contribution is 2.14. The molecule has 26 heavy (non-hydrogen) atoms. The summed E-state index contributed by atoms with van der Waals surface area (Å²) in [6.45, 7) is 3.22. The summed E-state index contributed by atoms with van der Waals surface area (Å²) in [6.07, 6.45) is 26.4. The topological polar surface area (TPSA) is 49.3 Å². The van der Waals surface area contributed by atoms with Gasteiger partial charge in [0.25, 0.3) is 0 Å². The van der Waals surface area contributed by atoms with E-state index in [1.807, 2.05) is 0 Å². The van der Waals surface area contributed by atoms with Crippen LogP contribution in [0, 0.1) is 0 Å². The van der Waals surface area contributed by atoms with Gasteiger partial charge in [0, 0.05) is 0 Å². The predicted octanol–water partition coefficient (Wildman–Crippen LogP) is 7.09. The molecule has 3 heteroatoms. The van der Waals surface area contributed by atoms with Crippen LogP contribution in [0.1, 0.15) is 129 Å². The Kier molecular flexibility index (Phi) is 22.0. The molecule has 0 aromatic carbocycles. The highest BCUT2D eigenvalue weighted by atomic mass is 16.4. The third kappa shape index (κ3) is 23.4. The number of rotatable bonds is 22. The van der Waals surface area contributed by atoms with Gasteiger partial charge in [-0.1, -0.05) is 122 Å². The minimum atomic E-state index is -0.761. The van der Waals surface area contributed by atoms with Crippen molar-refractivity contribution >= 4 is 5.97 Å². The minimum absolute atomic E-state index is 0.0963. The molecular formula is C23H47NO2. The van der Waals surface area contributed by atoms with Crippen LogP contribution in [0.25, 0.3) is 0 Å². The third-order valence-corrected chi connectivity index (χ3v) is 5.23. The van der Waals surface area contributed by atoms with E-state index in [9.17, 15) is 4.79 Å². The van der Waals surface area contributed by atoms with Gasteiger partial charge in [0.1, 0.15) is 0 Å². The quantitative estimate of drug-likeness (QED) is 0.200. The van der Waals surface area contributed by atoms with Crippen molar-refractivity contribution in [2.45, 2.75) is 129 Å². The van der Waals surface area contributed by atoms with E-state index in [-0.39, 0.29) is 6.54 Å². The average molecular weight is 370 g/mol. The van der Waals surface area contributed by atoms with Crippen molar-refractivity contribution in [2.24, 2.45) is 0 Å². The Bertz CT molecular complexity index is 281. The molecule has 0 bridgehead atoms. The zero-order valence-electron chi connectivity index (χ0n) is 17.7. The second-order valence-corrected chi connectivity index (χ2v) is 7.93. The molecule has 156 valence electrons. The van der Waals surface area contributed by atoms with Gasteiger partial charge in [-0.15, -0.1) is 0 Å². The number of carboxylic acids is 1. The first-order valence-corrected chi connectivity index (χ1v) is 11.7. The van der Waals surface area contributed by atoms with Crippen molar-refractivity contribution in [2.75, 3.05) is 13.1 Å². The average Bonchev–Trinajstić information content (AvgIpc) is 2.62. The molecule has 0 unspecified atom stereocenters. The zero-order chi connectivity index (χ0) is 19.1. The maximum atomic E-state index is 10.3. The molecule has 0 saturated heterocycles. The van der Waals surface area contributed by atoms with Gasteiger partial charge in [0.05, 0.1) is 6.54 Å². The molecule has 0 fully saturated rings. The van der Waals surface area contributed by atoms with E-state index in [0.717, 1.165) is 13.0 Å². The van der Waals surface area contributed by atoms with E-state index < -0.39 is 5.97 Å². The van der Waals surface area contributed by atoms with E-state index in [1.165, 1.54) is 116 Å². The van der Waals surface area contributed by atoms with Crippen LogP contribution in [0.15, 0.2) is 0 Å². The minimum Gasteiger partial charge on any atom is -0.480 e. The van der Waals surface area contributed by atoms with Crippen molar-refractivity contribution < 1.29 is 9.90 Å². The summed E-state index contributed by atoms with van der Waals surface area (Å²) >= 11 is 0. The lowest BCUT2D eigenvalue weighted by Gasteiger charge is -2.04. The van der Waals surface area contributed by atoms with Crippen molar-refractivity contribution in [3.05, 3.63) is 0 Å². The number of carbonyl (C=O) groups is 1. The maximum Gasteiger partial charge on any atom is 0.317 e. The monoisotopic (exact) mass is 369 g/mol. The predicted molar refractivity (Wildman–Crippen MR) is 114 cm³/mol. The molecule has 0 heterocycles. The Morgan fingerprint density at radius 1 is 0.577 bits per heavy atom. The SMILES string of the molecule is CCCCCCCCCCCCCCCCCCCCCNCC(=O)O. The number of nitrogens with one attached hydrogen (secondary N) is 1. The number of hydrogen-bond donors (Lipinski definition) is 2. The van der Waals surface area contributed by atoms with Crippen molar-refractivity contribution in [1.82, 2.24) is 5.32 Å². The Hall–Kier alpha value is -0.570. The highest BCUT2D eigenvalue weighted by molar-refractivity contribution is 5.68. The standard InChI is InChI=1S/C23H47NO2/c1-2-3-4-5-6-7-8-9-10-11-12-13-14-15-16-17-18-19-20-21-24-22-23(25)26/h24H,2-22H2,1H3,(H,25,26). The summed E-state index contributed by atoms with van der Waals surface area (Å²) in [6, 6.07) is 0. The molecule has 0 aromatic rings. The van der Waals surface area contributed by atoms with Crippen molar-refractivity contribution in [3.63, 3.8) is 0 Å². The van der Waals surface area contributed by atoms with Crippen LogP contribution < -0.4 is 5.32 Å². The molecule has 0 rings (SSSR count). The van der Waals surface area contributed by atoms with Crippen LogP contribution in [0.4, 0.5) is 0 Å². The molecule has 0 aliphatic carbocycles. The second-order valence-electron chi connectivity index (χ2n) is 7.93. The lowest BCUT2D eigenvalue weighted by Crippen LogP contribution is -2.23. The molecule has 0 spiro atoms. The summed E-state index contributed by atoms with van der Waals surface area (Å²) in [5, 5.41) is 11.5. The van der Waals surface area contributed by atoms with Gasteiger partial charge < -0.3 is 10.4 Å². The first-order valence-electron chi connectivity index (χ1n) is 11.7. The molecule has 0 amide bonds. The van der Waals surface area contributed by atoms with E-state index in [1.54, 1.807) is 0 Å². The van der Waals surface area contributed by atoms with Gasteiger partial charge >= 0.3 is 5.97 Å². The number of aliphatic carboxylic acids is 1. The number of hydrogen-bond acceptors (Lipinski definition) is 2. The Morgan fingerprint density at radius 3 is 1.19 bits per heavy atom. The largest absolute Gasteiger partial charge is 0.480 e. The summed E-state index contributed by atoms with van der Waals surface area (Å²) in [5.74, 6) is -0.761. The number of unbranched alkanes of at least 4 members (excludes halogenated alkanes) is 18. The van der Waals surface area contributed by atoms with Gasteiger partial charge in [-0.3, -0.25) is 4.79 Å². The number of carboxylic acid groups (broad SMARTS) is 1. The van der Waals surface area contributed by atoms with E-state index in [0.29, 0.717) is 0 Å². The van der Waals surface area contributed by atoms with E-state index in [4.69, 9.17) is 5.11 Å². The smallest absolute Gasteiger partial charge is 0.317 e. The highest BCUT2D eigenvalue weighted by Gasteiger charge is 1.96. The first kappa shape index (κ1) is 25.4. The van der Waals surface area contributed by atoms with Gasteiger partial charge in [-0.05, 0) is 13.0 Å². The maximum absolute atomic E-state index is 10.3. The molecule has 0 aliphatic rings. The summed E-state index contributed by atoms with van der Waals surface area (Å²) in [5.41, 5.74) is 0. The molecule has 0 aliphatic heterocycles. The summed E-state index contributed by atoms with van der Waals surface area (Å²) < 4.78 is 0. The molecule has 0 radical (unpaired) electrons. The lowest BCUT2D eigenvalue weighted by atomic mass is 10.0. The molecule has 2 N–H and O–H groups in total. The molecule has 0 atom stereocenters. The van der Waals surface area contributed by atoms with Gasteiger partial charge in [-0.25, -0.2) is 0 Å². The fourth-order valence-corrected chi connectivity index (χ4v) is 3.52. The Balaban J connectivity index is 2.98. The van der Waals surface area contributed by atoms with E-state index >= 15 is 0 Å². The fourth-order valence-electron chi connectivity index (χ4n) is 3.52. The van der Waals surface area contributed by atoms with Crippen LogP contribution in [-0.2, 0) is 4.79 Å². The van der Waals surface area contributed by atoms with Crippen LogP contribution in [0.5, 0.6) is 0 Å². The van der Waals surface area contributed by atoms with Gasteiger partial charge in [0.2, 0.25) is 0 Å². The van der Waals surface area contributed by atoms with E-state index in [2.05, 4.69) is 12.2 Å². The fraction of sp³-hybridized carbons (Fsp3) is 0.957. The second kappa shape index (κ2) is 22.5. The van der Waals surface area contributed by atoms with Gasteiger partial charge in [0.15, 0.2) is 0 Å². The van der Waals surface area contributed by atoms with Crippen LogP contribution in [0.3, 0.4) is 0 Å². The summed E-state index contributed by atoms with van der Waals surface area (Å²) in [7, 11) is 0. The van der Waals surface area contributed by atoms with Crippen LogP contribution in [-0.4, -0.2) is 24.2 Å².